The van der Waals surface area contributed by atoms with Crippen LogP contribution in [0.25, 0.3) is 0 Å². The maximum atomic E-state index is 13.3. The summed E-state index contributed by atoms with van der Waals surface area (Å²) in [5.41, 5.74) is 1.58. The molecule has 0 fully saturated rings. The molecule has 0 saturated carbocycles. The Morgan fingerprint density at radius 1 is 1.10 bits per heavy atom. The molecule has 0 radical (unpaired) electrons. The van der Waals surface area contributed by atoms with Gasteiger partial charge in [-0.2, -0.15) is 0 Å². The quantitative estimate of drug-likeness (QED) is 0.851. The molecule has 6 heteroatoms. The second-order valence-electron chi connectivity index (χ2n) is 4.65. The van der Waals surface area contributed by atoms with Crippen LogP contribution < -0.4 is 5.32 Å². The van der Waals surface area contributed by atoms with Gasteiger partial charge in [0, 0.05) is 12.2 Å². The number of benzene rings is 2. The number of halogens is 4. The second kappa shape index (κ2) is 6.49. The molecule has 1 atom stereocenters. The van der Waals surface area contributed by atoms with Gasteiger partial charge in [-0.05, 0) is 58.2 Å². The lowest BCUT2D eigenvalue weighted by Gasteiger charge is -2.15. The van der Waals surface area contributed by atoms with Gasteiger partial charge in [0.2, 0.25) is 0 Å². The van der Waals surface area contributed by atoms with E-state index in [1.807, 2.05) is 0 Å². The Morgan fingerprint density at radius 2 is 1.81 bits per heavy atom. The zero-order valence-corrected chi connectivity index (χ0v) is 12.7. The van der Waals surface area contributed by atoms with Crippen molar-refractivity contribution >= 4 is 21.6 Å². The number of hydrogen-bond acceptors (Lipinski definition) is 2. The lowest BCUT2D eigenvalue weighted by Crippen LogP contribution is -2.13. The Bertz CT molecular complexity index is 664. The third-order valence-corrected chi connectivity index (χ3v) is 3.69. The van der Waals surface area contributed by atoms with Crippen molar-refractivity contribution in [2.45, 2.75) is 13.0 Å². The zero-order chi connectivity index (χ0) is 15.6. The first-order valence-electron chi connectivity index (χ1n) is 6.21. The van der Waals surface area contributed by atoms with E-state index in [2.05, 4.69) is 21.2 Å². The average molecular weight is 360 g/mol. The summed E-state index contributed by atoms with van der Waals surface area (Å²) in [4.78, 5) is 0. The number of nitrogens with one attached hydrogen (secondary N) is 1. The summed E-state index contributed by atoms with van der Waals surface area (Å²) < 4.78 is 39.6. The predicted octanol–water partition coefficient (Wildman–Crippen LogP) is 4.32. The van der Waals surface area contributed by atoms with Crippen molar-refractivity contribution in [3.63, 3.8) is 0 Å². The fourth-order valence-corrected chi connectivity index (χ4v) is 2.22. The van der Waals surface area contributed by atoms with Gasteiger partial charge in [-0.1, -0.05) is 6.07 Å². The number of aryl methyl sites for hydroxylation is 1. The van der Waals surface area contributed by atoms with E-state index in [0.717, 1.165) is 12.1 Å². The number of aliphatic hydroxyl groups excluding tert-OH is 1. The fraction of sp³-hybridized carbons (Fsp3) is 0.200. The van der Waals surface area contributed by atoms with Crippen LogP contribution in [0.4, 0.5) is 18.9 Å². The highest BCUT2D eigenvalue weighted by Crippen LogP contribution is 2.25. The van der Waals surface area contributed by atoms with Gasteiger partial charge in [0.15, 0.2) is 11.6 Å². The van der Waals surface area contributed by atoms with Gasteiger partial charge in [-0.15, -0.1) is 0 Å². The molecule has 2 aromatic rings. The van der Waals surface area contributed by atoms with E-state index < -0.39 is 17.7 Å². The SMILES string of the molecule is Cc1cc(F)c(Br)cc1NCC(O)c1ccc(F)c(F)c1. The molecule has 1 unspecified atom stereocenters. The minimum atomic E-state index is -1.01. The lowest BCUT2D eigenvalue weighted by atomic mass is 10.1. The minimum absolute atomic E-state index is 0.0873. The van der Waals surface area contributed by atoms with Crippen LogP contribution in [-0.2, 0) is 0 Å². The Morgan fingerprint density at radius 3 is 2.48 bits per heavy atom. The molecule has 0 amide bonds. The van der Waals surface area contributed by atoms with E-state index in [4.69, 9.17) is 0 Å². The van der Waals surface area contributed by atoms with Crippen LogP contribution in [0.15, 0.2) is 34.8 Å². The molecular formula is C15H13BrF3NO. The van der Waals surface area contributed by atoms with Crippen LogP contribution in [0.5, 0.6) is 0 Å². The van der Waals surface area contributed by atoms with Gasteiger partial charge in [0.05, 0.1) is 10.6 Å². The van der Waals surface area contributed by atoms with Crippen LogP contribution in [0.2, 0.25) is 0 Å². The summed E-state index contributed by atoms with van der Waals surface area (Å²) in [6, 6.07) is 6.15. The number of hydrogen-bond donors (Lipinski definition) is 2. The first kappa shape index (κ1) is 15.9. The molecule has 2 nitrogen and oxygen atoms in total. The van der Waals surface area contributed by atoms with Crippen molar-refractivity contribution in [2.24, 2.45) is 0 Å². The molecule has 0 aliphatic rings. The number of aliphatic hydroxyl groups is 1. The predicted molar refractivity (Wildman–Crippen MR) is 78.6 cm³/mol. The van der Waals surface area contributed by atoms with Crippen LogP contribution in [0, 0.1) is 24.4 Å². The minimum Gasteiger partial charge on any atom is -0.387 e. The standard InChI is InChI=1S/C15H13BrF3NO/c1-8-4-12(18)10(16)6-14(8)20-7-15(21)9-2-3-11(17)13(19)5-9/h2-6,15,20-21H,7H2,1H3. The molecular weight excluding hydrogens is 347 g/mol. The molecule has 0 bridgehead atoms. The molecule has 112 valence electrons. The Labute approximate surface area is 128 Å². The largest absolute Gasteiger partial charge is 0.387 e. The van der Waals surface area contributed by atoms with Crippen LogP contribution >= 0.6 is 15.9 Å². The van der Waals surface area contributed by atoms with E-state index in [1.165, 1.54) is 12.1 Å². The maximum Gasteiger partial charge on any atom is 0.159 e. The third-order valence-electron chi connectivity index (χ3n) is 3.08. The Hall–Kier alpha value is -1.53. The van der Waals surface area contributed by atoms with Crippen molar-refractivity contribution in [3.05, 3.63) is 63.4 Å². The molecule has 0 aliphatic carbocycles. The van der Waals surface area contributed by atoms with E-state index in [1.54, 1.807) is 13.0 Å². The van der Waals surface area contributed by atoms with Gasteiger partial charge in [0.1, 0.15) is 5.82 Å². The van der Waals surface area contributed by atoms with Crippen LogP contribution in [0.3, 0.4) is 0 Å². The van der Waals surface area contributed by atoms with Crippen molar-refractivity contribution in [2.75, 3.05) is 11.9 Å². The zero-order valence-electron chi connectivity index (χ0n) is 11.1. The topological polar surface area (TPSA) is 32.3 Å². The fourth-order valence-electron chi connectivity index (χ4n) is 1.88. The van der Waals surface area contributed by atoms with Gasteiger partial charge in [0.25, 0.3) is 0 Å². The highest BCUT2D eigenvalue weighted by atomic mass is 79.9. The normalized spacial score (nSPS) is 12.3. The highest BCUT2D eigenvalue weighted by Gasteiger charge is 2.12. The van der Waals surface area contributed by atoms with E-state index >= 15 is 0 Å². The summed E-state index contributed by atoms with van der Waals surface area (Å²) in [5.74, 6) is -2.34. The summed E-state index contributed by atoms with van der Waals surface area (Å²) in [6.45, 7) is 1.81. The average Bonchev–Trinajstić information content (AvgIpc) is 2.44. The summed E-state index contributed by atoms with van der Waals surface area (Å²) >= 11 is 3.08. The number of anilines is 1. The Balaban J connectivity index is 2.08. The summed E-state index contributed by atoms with van der Waals surface area (Å²) in [7, 11) is 0. The van der Waals surface area contributed by atoms with Crippen molar-refractivity contribution in [3.8, 4) is 0 Å². The molecule has 2 N–H and O–H groups in total. The first-order chi connectivity index (χ1) is 9.88. The molecule has 2 rings (SSSR count). The van der Waals surface area contributed by atoms with E-state index in [0.29, 0.717) is 15.7 Å². The molecule has 0 aliphatic heterocycles. The molecule has 0 spiro atoms. The second-order valence-corrected chi connectivity index (χ2v) is 5.51. The van der Waals surface area contributed by atoms with E-state index in [-0.39, 0.29) is 17.9 Å². The van der Waals surface area contributed by atoms with Gasteiger partial charge < -0.3 is 10.4 Å². The van der Waals surface area contributed by atoms with Crippen LogP contribution in [0.1, 0.15) is 17.2 Å². The van der Waals surface area contributed by atoms with Crippen molar-refractivity contribution in [1.29, 1.82) is 0 Å². The molecule has 0 heterocycles. The summed E-state index contributed by atoms with van der Waals surface area (Å²) in [5, 5.41) is 12.9. The monoisotopic (exact) mass is 359 g/mol. The highest BCUT2D eigenvalue weighted by molar-refractivity contribution is 9.10. The molecule has 0 aromatic heterocycles. The summed E-state index contributed by atoms with van der Waals surface area (Å²) in [6.07, 6.45) is -1.01. The molecule has 21 heavy (non-hydrogen) atoms. The first-order valence-corrected chi connectivity index (χ1v) is 7.00. The van der Waals surface area contributed by atoms with Gasteiger partial charge in [-0.25, -0.2) is 13.2 Å². The van der Waals surface area contributed by atoms with Crippen molar-refractivity contribution < 1.29 is 18.3 Å². The van der Waals surface area contributed by atoms with Crippen LogP contribution in [-0.4, -0.2) is 11.7 Å². The lowest BCUT2D eigenvalue weighted by molar-refractivity contribution is 0.191. The molecule has 0 saturated heterocycles. The maximum absolute atomic E-state index is 13.3. The van der Waals surface area contributed by atoms with E-state index in [9.17, 15) is 18.3 Å². The third kappa shape index (κ3) is 3.77. The molecule has 2 aromatic carbocycles. The number of rotatable bonds is 4. The smallest absolute Gasteiger partial charge is 0.159 e. The van der Waals surface area contributed by atoms with Crippen molar-refractivity contribution in [1.82, 2.24) is 0 Å². The Kier molecular flexibility index (Phi) is 4.90. The van der Waals surface area contributed by atoms with Gasteiger partial charge >= 0.3 is 0 Å². The van der Waals surface area contributed by atoms with Gasteiger partial charge in [-0.3, -0.25) is 0 Å².